The average molecular weight is 254 g/mol. The molecule has 0 heterocycles. The van der Waals surface area contributed by atoms with E-state index < -0.39 is 0 Å². The molecule has 0 saturated carbocycles. The second-order valence-electron chi connectivity index (χ2n) is 3.98. The van der Waals surface area contributed by atoms with Crippen LogP contribution >= 0.6 is 0 Å². The Labute approximate surface area is 108 Å². The molecular formula is C13H22N2O3. The minimum absolute atomic E-state index is 0.0892. The Balaban J connectivity index is 2.70. The summed E-state index contributed by atoms with van der Waals surface area (Å²) >= 11 is 0. The third-order valence-corrected chi connectivity index (χ3v) is 2.80. The van der Waals surface area contributed by atoms with E-state index in [2.05, 4.69) is 0 Å². The molecule has 0 atom stereocenters. The minimum atomic E-state index is 0.0892. The number of rotatable bonds is 8. The molecule has 0 saturated heterocycles. The summed E-state index contributed by atoms with van der Waals surface area (Å²) in [7, 11) is 3.58. The average Bonchev–Trinajstić information content (AvgIpc) is 2.43. The van der Waals surface area contributed by atoms with Crippen molar-refractivity contribution in [2.75, 3.05) is 45.5 Å². The van der Waals surface area contributed by atoms with Crippen molar-refractivity contribution in [3.05, 3.63) is 24.3 Å². The van der Waals surface area contributed by atoms with Crippen molar-refractivity contribution in [2.24, 2.45) is 0 Å². The van der Waals surface area contributed by atoms with Crippen molar-refractivity contribution in [1.82, 2.24) is 5.01 Å². The zero-order valence-corrected chi connectivity index (χ0v) is 11.0. The van der Waals surface area contributed by atoms with Crippen molar-refractivity contribution in [3.63, 3.8) is 0 Å². The van der Waals surface area contributed by atoms with Crippen LogP contribution in [0.2, 0.25) is 0 Å². The van der Waals surface area contributed by atoms with Crippen molar-refractivity contribution < 1.29 is 14.9 Å². The molecule has 0 amide bonds. The first-order valence-electron chi connectivity index (χ1n) is 6.07. The van der Waals surface area contributed by atoms with Crippen LogP contribution in [0.3, 0.4) is 0 Å². The van der Waals surface area contributed by atoms with E-state index in [4.69, 9.17) is 14.9 Å². The Morgan fingerprint density at radius 1 is 1.06 bits per heavy atom. The molecule has 0 aliphatic heterocycles. The third-order valence-electron chi connectivity index (χ3n) is 2.80. The van der Waals surface area contributed by atoms with Crippen LogP contribution in [0, 0.1) is 0 Å². The molecule has 18 heavy (non-hydrogen) atoms. The standard InChI is InChI=1S/C13H22N2O3/c1-14(15(9-11-17)8-3-10-16)12-4-6-13(18-2)7-5-12/h4-7,16-17H,3,8-11H2,1-2H3. The van der Waals surface area contributed by atoms with E-state index in [1.807, 2.05) is 41.3 Å². The summed E-state index contributed by atoms with van der Waals surface area (Å²) in [5.74, 6) is 0.816. The second kappa shape index (κ2) is 7.92. The van der Waals surface area contributed by atoms with Gasteiger partial charge in [-0.25, -0.2) is 5.01 Å². The first-order chi connectivity index (χ1) is 8.72. The molecule has 0 bridgehead atoms. The number of aliphatic hydroxyl groups excluding tert-OH is 2. The van der Waals surface area contributed by atoms with Gasteiger partial charge in [0, 0.05) is 26.7 Å². The van der Waals surface area contributed by atoms with Crippen LogP contribution in [0.5, 0.6) is 5.75 Å². The Morgan fingerprint density at radius 2 is 1.72 bits per heavy atom. The molecule has 0 aromatic heterocycles. The van der Waals surface area contributed by atoms with Gasteiger partial charge in [-0.2, -0.15) is 0 Å². The van der Waals surface area contributed by atoms with Crippen LogP contribution in [0.1, 0.15) is 6.42 Å². The zero-order valence-electron chi connectivity index (χ0n) is 11.0. The van der Waals surface area contributed by atoms with Crippen molar-refractivity contribution in [2.45, 2.75) is 6.42 Å². The van der Waals surface area contributed by atoms with Gasteiger partial charge in [0.25, 0.3) is 0 Å². The SMILES string of the molecule is COc1ccc(N(C)N(CCO)CCCO)cc1. The van der Waals surface area contributed by atoms with E-state index in [1.54, 1.807) is 7.11 Å². The van der Waals surface area contributed by atoms with Gasteiger partial charge in [-0.3, -0.25) is 0 Å². The number of methoxy groups -OCH3 is 1. The van der Waals surface area contributed by atoms with Gasteiger partial charge in [-0.05, 0) is 30.7 Å². The monoisotopic (exact) mass is 254 g/mol. The smallest absolute Gasteiger partial charge is 0.119 e. The molecule has 5 nitrogen and oxygen atoms in total. The molecule has 0 fully saturated rings. The highest BCUT2D eigenvalue weighted by molar-refractivity contribution is 5.47. The highest BCUT2D eigenvalue weighted by Gasteiger charge is 2.11. The Morgan fingerprint density at radius 3 is 2.22 bits per heavy atom. The van der Waals surface area contributed by atoms with Crippen molar-refractivity contribution in [1.29, 1.82) is 0 Å². The number of hydrogen-bond donors (Lipinski definition) is 2. The molecule has 1 aromatic rings. The lowest BCUT2D eigenvalue weighted by Crippen LogP contribution is -2.42. The highest BCUT2D eigenvalue weighted by Crippen LogP contribution is 2.19. The quantitative estimate of drug-likeness (QED) is 0.670. The maximum absolute atomic E-state index is 9.06. The Kier molecular flexibility index (Phi) is 6.49. The molecule has 2 N–H and O–H groups in total. The summed E-state index contributed by atoms with van der Waals surface area (Å²) < 4.78 is 5.12. The molecule has 0 aliphatic carbocycles. The molecule has 102 valence electrons. The third kappa shape index (κ3) is 4.18. The maximum atomic E-state index is 9.06. The fourth-order valence-electron chi connectivity index (χ4n) is 1.74. The van der Waals surface area contributed by atoms with Gasteiger partial charge in [-0.15, -0.1) is 0 Å². The lowest BCUT2D eigenvalue weighted by Gasteiger charge is -2.33. The summed E-state index contributed by atoms with van der Waals surface area (Å²) in [4.78, 5) is 0. The molecule has 5 heteroatoms. The van der Waals surface area contributed by atoms with Crippen molar-refractivity contribution in [3.8, 4) is 5.75 Å². The molecule has 1 rings (SSSR count). The lowest BCUT2D eigenvalue weighted by molar-refractivity contribution is 0.174. The first-order valence-corrected chi connectivity index (χ1v) is 6.07. The van der Waals surface area contributed by atoms with Gasteiger partial charge in [0.2, 0.25) is 0 Å². The molecule has 0 spiro atoms. The van der Waals surface area contributed by atoms with Gasteiger partial charge in [0.15, 0.2) is 0 Å². The van der Waals surface area contributed by atoms with Crippen LogP contribution < -0.4 is 9.75 Å². The minimum Gasteiger partial charge on any atom is -0.497 e. The number of hydrazine groups is 1. The van der Waals surface area contributed by atoms with E-state index in [1.165, 1.54) is 0 Å². The fraction of sp³-hybridized carbons (Fsp3) is 0.538. The maximum Gasteiger partial charge on any atom is 0.119 e. The topological polar surface area (TPSA) is 56.2 Å². The van der Waals surface area contributed by atoms with E-state index >= 15 is 0 Å². The summed E-state index contributed by atoms with van der Waals surface area (Å²) in [6.07, 6.45) is 0.681. The predicted octanol–water partition coefficient (Wildman–Crippen LogP) is 0.723. The van der Waals surface area contributed by atoms with Crippen LogP contribution in [-0.4, -0.2) is 55.7 Å². The predicted molar refractivity (Wildman–Crippen MR) is 71.8 cm³/mol. The first kappa shape index (κ1) is 14.8. The van der Waals surface area contributed by atoms with Crippen LogP contribution in [0.4, 0.5) is 5.69 Å². The largest absolute Gasteiger partial charge is 0.497 e. The normalized spacial score (nSPS) is 10.7. The van der Waals surface area contributed by atoms with Gasteiger partial charge in [0.05, 0.1) is 19.4 Å². The Bertz CT molecular complexity index is 330. The summed E-state index contributed by atoms with van der Waals surface area (Å²) in [6, 6.07) is 7.72. The van der Waals surface area contributed by atoms with Crippen LogP contribution in [0.15, 0.2) is 24.3 Å². The lowest BCUT2D eigenvalue weighted by atomic mass is 10.3. The number of hydrogen-bond acceptors (Lipinski definition) is 5. The molecule has 1 aromatic carbocycles. The number of anilines is 1. The van der Waals surface area contributed by atoms with E-state index in [0.717, 1.165) is 11.4 Å². The summed E-state index contributed by atoms with van der Waals surface area (Å²) in [5, 5.41) is 21.9. The molecule has 0 unspecified atom stereocenters. The number of ether oxygens (including phenoxy) is 1. The van der Waals surface area contributed by atoms with Crippen LogP contribution in [-0.2, 0) is 0 Å². The number of aliphatic hydroxyl groups is 2. The molecule has 0 aliphatic rings. The Hall–Kier alpha value is -1.30. The number of nitrogens with zero attached hydrogens (tertiary/aromatic N) is 2. The van der Waals surface area contributed by atoms with Gasteiger partial charge < -0.3 is 20.0 Å². The van der Waals surface area contributed by atoms with Crippen LogP contribution in [0.25, 0.3) is 0 Å². The molecular weight excluding hydrogens is 232 g/mol. The second-order valence-corrected chi connectivity index (χ2v) is 3.98. The van der Waals surface area contributed by atoms with E-state index in [0.29, 0.717) is 19.5 Å². The van der Waals surface area contributed by atoms with Gasteiger partial charge >= 0.3 is 0 Å². The number of benzene rings is 1. The fourth-order valence-corrected chi connectivity index (χ4v) is 1.74. The zero-order chi connectivity index (χ0) is 13.4. The van der Waals surface area contributed by atoms with Gasteiger partial charge in [-0.1, -0.05) is 0 Å². The summed E-state index contributed by atoms with van der Waals surface area (Å²) in [5.41, 5.74) is 1.02. The van der Waals surface area contributed by atoms with E-state index in [-0.39, 0.29) is 13.2 Å². The summed E-state index contributed by atoms with van der Waals surface area (Å²) in [6.45, 7) is 1.49. The van der Waals surface area contributed by atoms with E-state index in [9.17, 15) is 0 Å². The van der Waals surface area contributed by atoms with Crippen molar-refractivity contribution >= 4 is 5.69 Å². The molecule has 0 radical (unpaired) electrons. The highest BCUT2D eigenvalue weighted by atomic mass is 16.5. The van der Waals surface area contributed by atoms with Gasteiger partial charge in [0.1, 0.15) is 5.75 Å².